The summed E-state index contributed by atoms with van der Waals surface area (Å²) in [6, 6.07) is 1.19. The van der Waals surface area contributed by atoms with Crippen molar-refractivity contribution in [3.8, 4) is 0 Å². The highest BCUT2D eigenvalue weighted by Gasteiger charge is 2.15. The van der Waals surface area contributed by atoms with Crippen LogP contribution in [0, 0.1) is 17.5 Å². The number of esters is 1. The summed E-state index contributed by atoms with van der Waals surface area (Å²) < 4.78 is 47.6. The van der Waals surface area contributed by atoms with Gasteiger partial charge in [0, 0.05) is 20.1 Å². The first-order chi connectivity index (χ1) is 8.06. The van der Waals surface area contributed by atoms with Crippen molar-refractivity contribution in [2.45, 2.75) is 6.42 Å². The van der Waals surface area contributed by atoms with E-state index >= 15 is 0 Å². The summed E-state index contributed by atoms with van der Waals surface area (Å²) in [6.45, 7) is 0.465. The molecule has 0 aliphatic carbocycles. The van der Waals surface area contributed by atoms with Crippen LogP contribution in [0.2, 0.25) is 0 Å². The predicted octanol–water partition coefficient (Wildman–Crippen LogP) is 2.30. The van der Waals surface area contributed by atoms with E-state index in [9.17, 15) is 18.0 Å². The molecule has 1 aromatic carbocycles. The molecule has 0 amide bonds. The molecule has 0 aromatic heterocycles. The van der Waals surface area contributed by atoms with E-state index in [0.29, 0.717) is 25.2 Å². The summed E-state index contributed by atoms with van der Waals surface area (Å²) in [5.41, 5.74) is -0.362. The maximum absolute atomic E-state index is 12.8. The minimum atomic E-state index is -1.61. The van der Waals surface area contributed by atoms with Crippen LogP contribution in [0.3, 0.4) is 0 Å². The molecule has 0 atom stereocenters. The molecule has 0 aliphatic rings. The van der Waals surface area contributed by atoms with E-state index in [4.69, 9.17) is 9.47 Å². The molecule has 17 heavy (non-hydrogen) atoms. The van der Waals surface area contributed by atoms with Crippen molar-refractivity contribution in [3.63, 3.8) is 0 Å². The summed E-state index contributed by atoms with van der Waals surface area (Å²) in [7, 11) is 1.49. The number of carbonyl (C=O) groups excluding carboxylic acids is 1. The molecule has 0 heterocycles. The highest BCUT2D eigenvalue weighted by atomic mass is 19.2. The third-order valence-electron chi connectivity index (χ3n) is 1.95. The molecule has 0 saturated carbocycles. The Bertz CT molecular complexity index is 384. The summed E-state index contributed by atoms with van der Waals surface area (Å²) in [5, 5.41) is 0. The van der Waals surface area contributed by atoms with Crippen LogP contribution in [-0.4, -0.2) is 26.3 Å². The number of hydrogen-bond donors (Lipinski definition) is 0. The number of halogens is 3. The van der Waals surface area contributed by atoms with Crippen LogP contribution in [0.4, 0.5) is 13.2 Å². The Morgan fingerprint density at radius 3 is 2.29 bits per heavy atom. The van der Waals surface area contributed by atoms with Crippen molar-refractivity contribution >= 4 is 5.97 Å². The predicted molar refractivity (Wildman–Crippen MR) is 53.1 cm³/mol. The largest absolute Gasteiger partial charge is 0.462 e. The van der Waals surface area contributed by atoms with Crippen LogP contribution in [-0.2, 0) is 9.47 Å². The van der Waals surface area contributed by atoms with Crippen LogP contribution in [0.15, 0.2) is 12.1 Å². The lowest BCUT2D eigenvalue weighted by molar-refractivity contribution is 0.0467. The Kier molecular flexibility index (Phi) is 4.96. The van der Waals surface area contributed by atoms with Gasteiger partial charge in [-0.1, -0.05) is 0 Å². The number of rotatable bonds is 5. The Morgan fingerprint density at radius 2 is 1.76 bits per heavy atom. The van der Waals surface area contributed by atoms with E-state index in [1.807, 2.05) is 0 Å². The van der Waals surface area contributed by atoms with E-state index < -0.39 is 23.4 Å². The fraction of sp³-hybridized carbons (Fsp3) is 0.364. The van der Waals surface area contributed by atoms with Crippen molar-refractivity contribution in [3.05, 3.63) is 35.1 Å². The van der Waals surface area contributed by atoms with Crippen LogP contribution in [0.25, 0.3) is 0 Å². The van der Waals surface area contributed by atoms with Gasteiger partial charge < -0.3 is 9.47 Å². The van der Waals surface area contributed by atoms with E-state index in [2.05, 4.69) is 0 Å². The van der Waals surface area contributed by atoms with Crippen LogP contribution in [0.5, 0.6) is 0 Å². The van der Waals surface area contributed by atoms with Crippen LogP contribution < -0.4 is 0 Å². The zero-order chi connectivity index (χ0) is 12.8. The number of carbonyl (C=O) groups is 1. The van der Waals surface area contributed by atoms with Crippen molar-refractivity contribution in [2.75, 3.05) is 20.3 Å². The molecule has 1 rings (SSSR count). The van der Waals surface area contributed by atoms with E-state index in [1.165, 1.54) is 7.11 Å². The average molecular weight is 248 g/mol. The third kappa shape index (κ3) is 3.74. The molecular weight excluding hydrogens is 237 g/mol. The van der Waals surface area contributed by atoms with Gasteiger partial charge in [-0.2, -0.15) is 0 Å². The van der Waals surface area contributed by atoms with Gasteiger partial charge in [0.05, 0.1) is 12.2 Å². The summed E-state index contributed by atoms with van der Waals surface area (Å²) >= 11 is 0. The minimum Gasteiger partial charge on any atom is -0.462 e. The van der Waals surface area contributed by atoms with E-state index in [-0.39, 0.29) is 12.2 Å². The van der Waals surface area contributed by atoms with E-state index in [1.54, 1.807) is 0 Å². The van der Waals surface area contributed by atoms with Gasteiger partial charge in [-0.3, -0.25) is 0 Å². The lowest BCUT2D eigenvalue weighted by atomic mass is 10.2. The maximum Gasteiger partial charge on any atom is 0.338 e. The highest BCUT2D eigenvalue weighted by molar-refractivity contribution is 5.89. The molecule has 0 radical (unpaired) electrons. The van der Waals surface area contributed by atoms with Gasteiger partial charge in [0.15, 0.2) is 17.5 Å². The summed E-state index contributed by atoms with van der Waals surface area (Å²) in [6.07, 6.45) is 0.467. The fourth-order valence-electron chi connectivity index (χ4n) is 1.12. The first kappa shape index (κ1) is 13.5. The Balaban J connectivity index is 2.63. The molecule has 1 aromatic rings. The van der Waals surface area contributed by atoms with Crippen molar-refractivity contribution in [1.82, 2.24) is 0 Å². The maximum atomic E-state index is 12.8. The number of benzene rings is 1. The first-order valence-electron chi connectivity index (χ1n) is 4.87. The third-order valence-corrected chi connectivity index (χ3v) is 1.95. The number of hydrogen-bond acceptors (Lipinski definition) is 3. The molecule has 0 spiro atoms. The molecular formula is C11H11F3O3. The molecule has 0 saturated heterocycles. The van der Waals surface area contributed by atoms with Gasteiger partial charge >= 0.3 is 5.97 Å². The monoisotopic (exact) mass is 248 g/mol. The zero-order valence-electron chi connectivity index (χ0n) is 9.13. The SMILES string of the molecule is COCCCOC(=O)c1cc(F)c(F)c(F)c1. The average Bonchev–Trinajstić information content (AvgIpc) is 2.30. The normalized spacial score (nSPS) is 10.4. The van der Waals surface area contributed by atoms with Crippen LogP contribution in [0.1, 0.15) is 16.8 Å². The second kappa shape index (κ2) is 6.24. The quantitative estimate of drug-likeness (QED) is 0.455. The van der Waals surface area contributed by atoms with Gasteiger partial charge in [-0.15, -0.1) is 0 Å². The van der Waals surface area contributed by atoms with E-state index in [0.717, 1.165) is 0 Å². The van der Waals surface area contributed by atoms with Gasteiger partial charge in [-0.25, -0.2) is 18.0 Å². The van der Waals surface area contributed by atoms with Crippen molar-refractivity contribution < 1.29 is 27.4 Å². The highest BCUT2D eigenvalue weighted by Crippen LogP contribution is 2.14. The Hall–Kier alpha value is -1.56. The first-order valence-corrected chi connectivity index (χ1v) is 4.87. The standard InChI is InChI=1S/C11H11F3O3/c1-16-3-2-4-17-11(15)7-5-8(12)10(14)9(13)6-7/h5-6H,2-4H2,1H3. The van der Waals surface area contributed by atoms with Gasteiger partial charge in [-0.05, 0) is 12.1 Å². The van der Waals surface area contributed by atoms with Gasteiger partial charge in [0.2, 0.25) is 0 Å². The molecule has 0 fully saturated rings. The topological polar surface area (TPSA) is 35.5 Å². The molecule has 94 valence electrons. The second-order valence-electron chi connectivity index (χ2n) is 3.24. The van der Waals surface area contributed by atoms with Crippen molar-refractivity contribution in [1.29, 1.82) is 0 Å². The summed E-state index contributed by atoms with van der Waals surface area (Å²) in [5.74, 6) is -5.36. The molecule has 0 bridgehead atoms. The minimum absolute atomic E-state index is 0.0628. The van der Waals surface area contributed by atoms with Crippen LogP contribution >= 0.6 is 0 Å². The molecule has 0 aliphatic heterocycles. The molecule has 0 unspecified atom stereocenters. The molecule has 3 nitrogen and oxygen atoms in total. The lowest BCUT2D eigenvalue weighted by Gasteiger charge is -2.05. The second-order valence-corrected chi connectivity index (χ2v) is 3.24. The molecule has 0 N–H and O–H groups in total. The molecule has 6 heteroatoms. The number of methoxy groups -OCH3 is 1. The summed E-state index contributed by atoms with van der Waals surface area (Å²) in [4.78, 5) is 11.3. The Labute approximate surface area is 96.1 Å². The smallest absolute Gasteiger partial charge is 0.338 e. The zero-order valence-corrected chi connectivity index (χ0v) is 9.13. The van der Waals surface area contributed by atoms with Gasteiger partial charge in [0.1, 0.15) is 0 Å². The van der Waals surface area contributed by atoms with Gasteiger partial charge in [0.25, 0.3) is 0 Å². The lowest BCUT2D eigenvalue weighted by Crippen LogP contribution is -2.09. The Morgan fingerprint density at radius 1 is 1.18 bits per heavy atom. The number of ether oxygens (including phenoxy) is 2. The van der Waals surface area contributed by atoms with Crippen molar-refractivity contribution in [2.24, 2.45) is 0 Å². The fourth-order valence-corrected chi connectivity index (χ4v) is 1.12.